The molecule has 1 N–H and O–H groups in total. The van der Waals surface area contributed by atoms with Gasteiger partial charge in [0.2, 0.25) is 0 Å². The maximum absolute atomic E-state index is 13.3. The van der Waals surface area contributed by atoms with E-state index in [2.05, 4.69) is 0 Å². The van der Waals surface area contributed by atoms with Gasteiger partial charge in [-0.15, -0.1) is 0 Å². The van der Waals surface area contributed by atoms with Crippen molar-refractivity contribution >= 4 is 22.8 Å². The predicted molar refractivity (Wildman–Crippen MR) is 126 cm³/mol. The van der Waals surface area contributed by atoms with Gasteiger partial charge in [0, 0.05) is 16.6 Å². The number of hydrogen-bond acceptors (Lipinski definition) is 5. The molecule has 1 atom stereocenters. The molecular weight excluding hydrogens is 434 g/mol. The number of benzene rings is 3. The van der Waals surface area contributed by atoms with Crippen LogP contribution in [-0.2, 0) is 11.2 Å². The second kappa shape index (κ2) is 8.59. The molecule has 7 nitrogen and oxygen atoms in total. The van der Waals surface area contributed by atoms with Gasteiger partial charge in [-0.1, -0.05) is 18.2 Å². The van der Waals surface area contributed by atoms with E-state index in [0.29, 0.717) is 33.9 Å². The Morgan fingerprint density at radius 1 is 0.971 bits per heavy atom. The molecule has 0 aliphatic carbocycles. The van der Waals surface area contributed by atoms with E-state index in [-0.39, 0.29) is 18.9 Å². The molecule has 34 heavy (non-hydrogen) atoms. The van der Waals surface area contributed by atoms with Crippen LogP contribution in [0.25, 0.3) is 10.9 Å². The third-order valence-electron chi connectivity index (χ3n) is 5.77. The van der Waals surface area contributed by atoms with Crippen molar-refractivity contribution < 1.29 is 28.9 Å². The van der Waals surface area contributed by atoms with E-state index in [4.69, 9.17) is 14.2 Å². The number of carboxylic acids is 1. The molecule has 1 unspecified atom stereocenters. The second-order valence-corrected chi connectivity index (χ2v) is 8.30. The first-order chi connectivity index (χ1) is 16.4. The molecule has 0 radical (unpaired) electrons. The molecule has 4 aromatic rings. The van der Waals surface area contributed by atoms with Crippen LogP contribution in [-0.4, -0.2) is 34.4 Å². The Morgan fingerprint density at radius 3 is 2.50 bits per heavy atom. The van der Waals surface area contributed by atoms with E-state index in [1.165, 1.54) is 0 Å². The zero-order chi connectivity index (χ0) is 23.8. The molecule has 0 saturated heterocycles. The average Bonchev–Trinajstić information content (AvgIpc) is 3.37. The fourth-order valence-corrected chi connectivity index (χ4v) is 4.18. The summed E-state index contributed by atoms with van der Waals surface area (Å²) in [6.45, 7) is 4.03. The van der Waals surface area contributed by atoms with Crippen LogP contribution in [0.4, 0.5) is 0 Å². The Morgan fingerprint density at radius 2 is 1.74 bits per heavy atom. The number of rotatable bonds is 6. The van der Waals surface area contributed by atoms with Crippen LogP contribution < -0.4 is 14.2 Å². The number of fused-ring (bicyclic) bond motifs is 2. The van der Waals surface area contributed by atoms with Crippen LogP contribution >= 0.6 is 0 Å². The van der Waals surface area contributed by atoms with Crippen molar-refractivity contribution in [3.05, 3.63) is 89.1 Å². The van der Waals surface area contributed by atoms with Crippen LogP contribution in [0.3, 0.4) is 0 Å². The number of carbonyl (C=O) groups excluding carboxylic acids is 1. The number of aryl methyl sites for hydroxylation is 2. The number of hydrogen-bond donors (Lipinski definition) is 1. The maximum Gasteiger partial charge on any atom is 0.307 e. The first-order valence-electron chi connectivity index (χ1n) is 10.9. The van der Waals surface area contributed by atoms with Gasteiger partial charge in [-0.05, 0) is 73.5 Å². The molecule has 0 bridgehead atoms. The smallest absolute Gasteiger partial charge is 0.307 e. The largest absolute Gasteiger partial charge is 0.486 e. The molecule has 3 aromatic carbocycles. The number of aromatic nitrogens is 1. The predicted octanol–water partition coefficient (Wildman–Crippen LogP) is 4.75. The number of ether oxygens (including phenoxy) is 3. The number of nitrogens with zero attached hydrogens (tertiary/aromatic N) is 1. The normalized spacial score (nSPS) is 14.4. The van der Waals surface area contributed by atoms with Crippen LogP contribution in [0.15, 0.2) is 66.7 Å². The lowest BCUT2D eigenvalue weighted by atomic mass is 10.1. The molecule has 1 aliphatic rings. The lowest BCUT2D eigenvalue weighted by Gasteiger charge is -2.12. The summed E-state index contributed by atoms with van der Waals surface area (Å²) in [4.78, 5) is 24.5. The molecule has 7 heteroatoms. The summed E-state index contributed by atoms with van der Waals surface area (Å²) >= 11 is 0. The molecule has 172 valence electrons. The minimum atomic E-state index is -0.910. The lowest BCUT2D eigenvalue weighted by Crippen LogP contribution is -2.26. The van der Waals surface area contributed by atoms with Crippen molar-refractivity contribution in [2.45, 2.75) is 26.6 Å². The van der Waals surface area contributed by atoms with E-state index in [1.54, 1.807) is 41.0 Å². The monoisotopic (exact) mass is 457 g/mol. The van der Waals surface area contributed by atoms with Crippen molar-refractivity contribution in [1.29, 1.82) is 0 Å². The van der Waals surface area contributed by atoms with E-state index in [1.807, 2.05) is 44.2 Å². The van der Waals surface area contributed by atoms with Crippen molar-refractivity contribution in [3.8, 4) is 17.2 Å². The molecule has 0 spiro atoms. The van der Waals surface area contributed by atoms with Crippen molar-refractivity contribution in [2.24, 2.45) is 0 Å². The van der Waals surface area contributed by atoms with Gasteiger partial charge in [0.1, 0.15) is 5.75 Å². The van der Waals surface area contributed by atoms with E-state index in [0.717, 1.165) is 16.6 Å². The van der Waals surface area contributed by atoms with Crippen LogP contribution in [0, 0.1) is 13.8 Å². The number of carboxylic acid groups (broad SMARTS) is 1. The fraction of sp³-hybridized carbons (Fsp3) is 0.185. The minimum absolute atomic E-state index is 0.0971. The highest BCUT2D eigenvalue weighted by Gasteiger charge is 2.25. The van der Waals surface area contributed by atoms with Gasteiger partial charge in [-0.3, -0.25) is 14.2 Å². The van der Waals surface area contributed by atoms with E-state index >= 15 is 0 Å². The maximum atomic E-state index is 13.3. The zero-order valence-electron chi connectivity index (χ0n) is 18.8. The van der Waals surface area contributed by atoms with Gasteiger partial charge >= 0.3 is 5.97 Å². The topological polar surface area (TPSA) is 87.0 Å². The Kier molecular flexibility index (Phi) is 5.45. The molecule has 1 aliphatic heterocycles. The summed E-state index contributed by atoms with van der Waals surface area (Å²) in [6, 6.07) is 19.9. The van der Waals surface area contributed by atoms with Gasteiger partial charge < -0.3 is 19.3 Å². The Hall–Kier alpha value is -4.26. The van der Waals surface area contributed by atoms with Gasteiger partial charge in [-0.2, -0.15) is 0 Å². The highest BCUT2D eigenvalue weighted by atomic mass is 16.7. The molecular formula is C27H23NO6. The van der Waals surface area contributed by atoms with Crippen LogP contribution in [0.5, 0.6) is 17.2 Å². The highest BCUT2D eigenvalue weighted by molar-refractivity contribution is 6.04. The fourth-order valence-electron chi connectivity index (χ4n) is 4.18. The van der Waals surface area contributed by atoms with E-state index < -0.39 is 12.3 Å². The van der Waals surface area contributed by atoms with Crippen molar-refractivity contribution in [2.75, 3.05) is 6.61 Å². The third-order valence-corrected chi connectivity index (χ3v) is 5.77. The average molecular weight is 457 g/mol. The Labute approximate surface area is 196 Å². The summed E-state index contributed by atoms with van der Waals surface area (Å²) in [7, 11) is 0. The standard InChI is InChI=1S/C27H23NO6/c1-16-6-11-23-24(12-16)34-26(33-23)15-32-20-9-7-18(8-10-20)27(31)28-17(2)13-21-19(14-25(29)30)4-3-5-22(21)28/h3-13,26H,14-15H2,1-2H3,(H,29,30). The van der Waals surface area contributed by atoms with Crippen molar-refractivity contribution in [3.63, 3.8) is 0 Å². The lowest BCUT2D eigenvalue weighted by molar-refractivity contribution is -0.136. The Bertz CT molecular complexity index is 1400. The molecule has 0 saturated carbocycles. The molecule has 0 amide bonds. The highest BCUT2D eigenvalue weighted by Crippen LogP contribution is 2.35. The summed E-state index contributed by atoms with van der Waals surface area (Å²) < 4.78 is 18.9. The quantitative estimate of drug-likeness (QED) is 0.450. The minimum Gasteiger partial charge on any atom is -0.486 e. The molecule has 0 fully saturated rings. The second-order valence-electron chi connectivity index (χ2n) is 8.30. The van der Waals surface area contributed by atoms with Gasteiger partial charge in [0.15, 0.2) is 18.1 Å². The van der Waals surface area contributed by atoms with Crippen molar-refractivity contribution in [1.82, 2.24) is 4.57 Å². The zero-order valence-corrected chi connectivity index (χ0v) is 18.8. The van der Waals surface area contributed by atoms with Gasteiger partial charge in [-0.25, -0.2) is 0 Å². The van der Waals surface area contributed by atoms with Crippen LogP contribution in [0.2, 0.25) is 0 Å². The van der Waals surface area contributed by atoms with Gasteiger partial charge in [0.05, 0.1) is 11.9 Å². The first-order valence-corrected chi connectivity index (χ1v) is 10.9. The molecule has 1 aromatic heterocycles. The van der Waals surface area contributed by atoms with Crippen LogP contribution in [0.1, 0.15) is 27.2 Å². The number of aliphatic carboxylic acids is 1. The molecule has 5 rings (SSSR count). The SMILES string of the molecule is Cc1ccc2c(c1)OC(COc1ccc(C(=O)n3c(C)cc4c(CC(=O)O)cccc43)cc1)O2. The first kappa shape index (κ1) is 21.6. The number of carbonyl (C=O) groups is 2. The molecule has 2 heterocycles. The summed E-state index contributed by atoms with van der Waals surface area (Å²) in [5.41, 5.74) is 3.69. The third kappa shape index (κ3) is 4.08. The van der Waals surface area contributed by atoms with Gasteiger partial charge in [0.25, 0.3) is 12.2 Å². The van der Waals surface area contributed by atoms with E-state index in [9.17, 15) is 14.7 Å². The Balaban J connectivity index is 1.29. The summed E-state index contributed by atoms with van der Waals surface area (Å²) in [6.07, 6.45) is -0.632. The summed E-state index contributed by atoms with van der Waals surface area (Å²) in [5, 5.41) is 9.95. The summed E-state index contributed by atoms with van der Waals surface area (Å²) in [5.74, 6) is 0.886.